The number of benzene rings is 2. The van der Waals surface area contributed by atoms with Crippen LogP contribution in [0.25, 0.3) is 11.1 Å². The first-order valence-electron chi connectivity index (χ1n) is 15.5. The van der Waals surface area contributed by atoms with Crippen molar-refractivity contribution in [2.24, 2.45) is 17.6 Å². The molecule has 2 aromatic rings. The summed E-state index contributed by atoms with van der Waals surface area (Å²) in [6.07, 6.45) is -0.784. The van der Waals surface area contributed by atoms with Gasteiger partial charge in [0.15, 0.2) is 5.96 Å². The molecule has 5 N–H and O–H groups in total. The summed E-state index contributed by atoms with van der Waals surface area (Å²) in [7, 11) is -4.71. The van der Waals surface area contributed by atoms with E-state index in [1.165, 1.54) is 0 Å². The van der Waals surface area contributed by atoms with Crippen molar-refractivity contribution in [1.29, 1.82) is 5.41 Å². The van der Waals surface area contributed by atoms with Crippen LogP contribution in [-0.4, -0.2) is 60.6 Å². The Kier molecular flexibility index (Phi) is 8.96. The molecule has 1 fully saturated rings. The number of carboxylic acid groups (broad SMARTS) is 1. The maximum Gasteiger partial charge on any atom is 0.424 e. The van der Waals surface area contributed by atoms with Crippen LogP contribution in [0.3, 0.4) is 0 Å². The number of aliphatic carboxylic acids is 1. The predicted octanol–water partition coefficient (Wildman–Crippen LogP) is 5.30. The second-order valence-corrected chi connectivity index (χ2v) is 14.7. The van der Waals surface area contributed by atoms with Crippen LogP contribution < -0.4 is 11.1 Å². The van der Waals surface area contributed by atoms with Gasteiger partial charge in [0.2, 0.25) is 0 Å². The largest absolute Gasteiger partial charge is 0.492 e. The highest BCUT2D eigenvalue weighted by molar-refractivity contribution is 7.93. The van der Waals surface area contributed by atoms with E-state index >= 15 is 0 Å². The smallest absolute Gasteiger partial charge is 0.424 e. The second kappa shape index (κ2) is 12.5. The summed E-state index contributed by atoms with van der Waals surface area (Å²) in [6, 6.07) is 13.7. The number of carbonyl (C=O) groups is 2. The molecule has 46 heavy (non-hydrogen) atoms. The normalized spacial score (nSPS) is 20.7. The van der Waals surface area contributed by atoms with Gasteiger partial charge < -0.3 is 25.6 Å². The molecule has 11 nitrogen and oxygen atoms in total. The number of hydrogen-bond donors (Lipinski definition) is 4. The van der Waals surface area contributed by atoms with Crippen LogP contribution >= 0.6 is 0 Å². The Labute approximate surface area is 270 Å². The average Bonchev–Trinajstić information content (AvgIpc) is 3.50. The van der Waals surface area contributed by atoms with Gasteiger partial charge in [-0.1, -0.05) is 55.5 Å². The maximum atomic E-state index is 14.7. The molecule has 0 saturated carbocycles. The third-order valence-electron chi connectivity index (χ3n) is 9.34. The molecular weight excluding hydrogens is 608 g/mol. The molecule has 1 amide bonds. The van der Waals surface area contributed by atoms with E-state index in [2.05, 4.69) is 5.32 Å². The minimum Gasteiger partial charge on any atom is -0.492 e. The molecule has 3 atom stereocenters. The number of rotatable bonds is 10. The van der Waals surface area contributed by atoms with Gasteiger partial charge >= 0.3 is 12.1 Å². The lowest BCUT2D eigenvalue weighted by Crippen LogP contribution is -2.51. The van der Waals surface area contributed by atoms with Crippen molar-refractivity contribution in [2.75, 3.05) is 13.2 Å². The first kappa shape index (κ1) is 33.1. The first-order valence-corrected chi connectivity index (χ1v) is 16.9. The van der Waals surface area contributed by atoms with Crippen molar-refractivity contribution in [1.82, 2.24) is 9.62 Å². The molecule has 1 saturated heterocycles. The van der Waals surface area contributed by atoms with E-state index in [-0.39, 0.29) is 48.7 Å². The Hall–Kier alpha value is -4.32. The van der Waals surface area contributed by atoms with Crippen molar-refractivity contribution in [2.45, 2.75) is 71.4 Å². The lowest BCUT2D eigenvalue weighted by Gasteiger charge is -2.35. The Morgan fingerprint density at radius 1 is 1.11 bits per heavy atom. The van der Waals surface area contributed by atoms with Crippen LogP contribution in [0.4, 0.5) is 4.79 Å². The van der Waals surface area contributed by atoms with Crippen molar-refractivity contribution < 1.29 is 32.6 Å². The standard InChI is InChI=1S/C34H42N4O7S/c1-19-20(2)30(21(3)26-17-34(4,5)45-29(19)26)46(42,43)38(28(31(39)40)15-10-16-37-32(35)36)33(41)44-18-27-24-13-8-6-11-22(24)23-12-7-9-14-25(23)27/h6-9,11-14,21,26-28H,10,15-18H2,1-5H3,(H,39,40)(H4,35,36,37). The molecule has 5 rings (SSSR count). The first-order chi connectivity index (χ1) is 21.7. The van der Waals surface area contributed by atoms with Gasteiger partial charge in [-0.3, -0.25) is 5.41 Å². The maximum absolute atomic E-state index is 14.7. The number of hydrogen-bond acceptors (Lipinski definition) is 7. The molecule has 0 aromatic heterocycles. The molecule has 3 aliphatic rings. The summed E-state index contributed by atoms with van der Waals surface area (Å²) in [4.78, 5) is 26.8. The Morgan fingerprint density at radius 2 is 1.70 bits per heavy atom. The van der Waals surface area contributed by atoms with Crippen molar-refractivity contribution >= 4 is 28.0 Å². The highest BCUT2D eigenvalue weighted by Crippen LogP contribution is 2.51. The van der Waals surface area contributed by atoms with Crippen LogP contribution in [0.15, 0.2) is 70.3 Å². The van der Waals surface area contributed by atoms with Gasteiger partial charge in [-0.15, -0.1) is 0 Å². The molecule has 246 valence electrons. The number of guanidine groups is 1. The zero-order valence-corrected chi connectivity index (χ0v) is 27.6. The SMILES string of the molecule is CC1=C2OC(C)(C)CC2C(C)C(S(=O)(=O)N(C(=O)OCC2c3ccccc3-c3ccccc32)C(CCCNC(=N)N)C(=O)O)=C1C. The van der Waals surface area contributed by atoms with Gasteiger partial charge in [0.1, 0.15) is 24.0 Å². The van der Waals surface area contributed by atoms with Crippen molar-refractivity contribution in [3.8, 4) is 11.1 Å². The van der Waals surface area contributed by atoms with E-state index in [9.17, 15) is 23.1 Å². The minimum atomic E-state index is -4.71. The molecule has 1 aliphatic heterocycles. The van der Waals surface area contributed by atoms with E-state index in [4.69, 9.17) is 20.6 Å². The van der Waals surface area contributed by atoms with Crippen molar-refractivity contribution in [3.05, 3.63) is 81.5 Å². The predicted molar refractivity (Wildman–Crippen MR) is 174 cm³/mol. The molecule has 0 spiro atoms. The number of nitrogens with zero attached hydrogens (tertiary/aromatic N) is 1. The summed E-state index contributed by atoms with van der Waals surface area (Å²) in [5.74, 6) is -2.25. The summed E-state index contributed by atoms with van der Waals surface area (Å²) in [6.45, 7) is 9.06. The quantitative estimate of drug-likeness (QED) is 0.151. The third kappa shape index (κ3) is 5.97. The Morgan fingerprint density at radius 3 is 2.26 bits per heavy atom. The second-order valence-electron chi connectivity index (χ2n) is 12.9. The number of amides is 1. The number of nitrogens with one attached hydrogen (secondary N) is 2. The molecular formula is C34H42N4O7S. The highest BCUT2D eigenvalue weighted by Gasteiger charge is 2.51. The zero-order chi connectivity index (χ0) is 33.6. The van der Waals surface area contributed by atoms with Crippen LogP contribution in [0, 0.1) is 17.2 Å². The van der Waals surface area contributed by atoms with Gasteiger partial charge in [-0.2, -0.15) is 4.31 Å². The van der Waals surface area contributed by atoms with Crippen molar-refractivity contribution in [3.63, 3.8) is 0 Å². The van der Waals surface area contributed by atoms with Crippen LogP contribution in [0.5, 0.6) is 0 Å². The van der Waals surface area contributed by atoms with Crippen LogP contribution in [-0.2, 0) is 24.3 Å². The number of allylic oxidation sites excluding steroid dienone is 4. The van der Waals surface area contributed by atoms with E-state index in [1.807, 2.05) is 62.4 Å². The summed E-state index contributed by atoms with van der Waals surface area (Å²) < 4.78 is 41.8. The summed E-state index contributed by atoms with van der Waals surface area (Å²) in [5, 5.41) is 20.3. The minimum absolute atomic E-state index is 0.0123. The number of fused-ring (bicyclic) bond motifs is 4. The average molecular weight is 651 g/mol. The topological polar surface area (TPSA) is 172 Å². The molecule has 0 radical (unpaired) electrons. The number of nitrogens with two attached hydrogens (primary N) is 1. The third-order valence-corrected chi connectivity index (χ3v) is 11.5. The van der Waals surface area contributed by atoms with E-state index < -0.39 is 39.6 Å². The molecule has 12 heteroatoms. The number of carboxylic acids is 1. The summed E-state index contributed by atoms with van der Waals surface area (Å²) >= 11 is 0. The fourth-order valence-corrected chi connectivity index (χ4v) is 9.30. The van der Waals surface area contributed by atoms with Gasteiger partial charge in [-0.05, 0) is 80.4 Å². The van der Waals surface area contributed by atoms with Gasteiger partial charge in [0.05, 0.1) is 4.91 Å². The van der Waals surface area contributed by atoms with Crippen LogP contribution in [0.2, 0.25) is 0 Å². The number of carbonyl (C=O) groups excluding carboxylic acids is 1. The van der Waals surface area contributed by atoms with E-state index in [0.717, 1.165) is 28.0 Å². The van der Waals surface area contributed by atoms with Gasteiger partial charge in [0.25, 0.3) is 10.0 Å². The number of ether oxygens (including phenoxy) is 2. The fraction of sp³-hybridized carbons (Fsp3) is 0.441. The number of sulfonamides is 1. The molecule has 0 bridgehead atoms. The lowest BCUT2D eigenvalue weighted by molar-refractivity contribution is -0.141. The van der Waals surface area contributed by atoms with E-state index in [0.29, 0.717) is 21.9 Å². The highest BCUT2D eigenvalue weighted by atomic mass is 32.2. The zero-order valence-electron chi connectivity index (χ0n) is 26.8. The lowest BCUT2D eigenvalue weighted by atomic mass is 9.79. The molecule has 3 unspecified atom stereocenters. The molecule has 1 heterocycles. The summed E-state index contributed by atoms with van der Waals surface area (Å²) in [5.41, 5.74) is 9.83. The monoisotopic (exact) mass is 650 g/mol. The molecule has 2 aromatic carbocycles. The molecule has 2 aliphatic carbocycles. The van der Waals surface area contributed by atoms with Crippen LogP contribution in [0.1, 0.15) is 70.9 Å². The Bertz CT molecular complexity index is 1700. The van der Waals surface area contributed by atoms with Gasteiger partial charge in [0, 0.05) is 24.3 Å². The Balaban J connectivity index is 1.52. The van der Waals surface area contributed by atoms with Gasteiger partial charge in [-0.25, -0.2) is 18.0 Å². The van der Waals surface area contributed by atoms with E-state index in [1.54, 1.807) is 20.8 Å². The fourth-order valence-electron chi connectivity index (χ4n) is 7.13.